The van der Waals surface area contributed by atoms with E-state index in [0.717, 1.165) is 30.8 Å². The van der Waals surface area contributed by atoms with Gasteiger partial charge in [0.2, 0.25) is 0 Å². The molecular formula is C15H18ClNOS. The number of halogens is 1. The SMILES string of the molecule is CCCNCc1cccc(Cl)c1OCc1cccs1. The third-order valence-corrected chi connectivity index (χ3v) is 3.88. The molecule has 0 saturated heterocycles. The Morgan fingerprint density at radius 3 is 2.89 bits per heavy atom. The molecule has 0 aliphatic carbocycles. The van der Waals surface area contributed by atoms with Crippen molar-refractivity contribution in [2.24, 2.45) is 0 Å². The molecule has 19 heavy (non-hydrogen) atoms. The van der Waals surface area contributed by atoms with Crippen molar-refractivity contribution < 1.29 is 4.74 Å². The highest BCUT2D eigenvalue weighted by Gasteiger charge is 2.08. The smallest absolute Gasteiger partial charge is 0.142 e. The molecule has 0 unspecified atom stereocenters. The fourth-order valence-corrected chi connectivity index (χ4v) is 2.66. The largest absolute Gasteiger partial charge is 0.486 e. The number of rotatable bonds is 7. The Kier molecular flexibility index (Phi) is 5.70. The third kappa shape index (κ3) is 4.23. The van der Waals surface area contributed by atoms with Gasteiger partial charge in [-0.2, -0.15) is 0 Å². The molecule has 102 valence electrons. The van der Waals surface area contributed by atoms with Gasteiger partial charge in [0.05, 0.1) is 5.02 Å². The van der Waals surface area contributed by atoms with E-state index in [-0.39, 0.29) is 0 Å². The summed E-state index contributed by atoms with van der Waals surface area (Å²) in [5, 5.41) is 6.10. The first-order valence-electron chi connectivity index (χ1n) is 6.44. The van der Waals surface area contributed by atoms with E-state index in [2.05, 4.69) is 29.8 Å². The van der Waals surface area contributed by atoms with E-state index < -0.39 is 0 Å². The summed E-state index contributed by atoms with van der Waals surface area (Å²) in [4.78, 5) is 1.20. The zero-order valence-corrected chi connectivity index (χ0v) is 12.6. The van der Waals surface area contributed by atoms with Crippen LogP contribution in [0.5, 0.6) is 5.75 Å². The maximum absolute atomic E-state index is 6.23. The summed E-state index contributed by atoms with van der Waals surface area (Å²) >= 11 is 7.92. The van der Waals surface area contributed by atoms with E-state index in [1.54, 1.807) is 11.3 Å². The van der Waals surface area contributed by atoms with Gasteiger partial charge < -0.3 is 10.1 Å². The molecule has 0 spiro atoms. The van der Waals surface area contributed by atoms with Gasteiger partial charge in [-0.15, -0.1) is 11.3 Å². The summed E-state index contributed by atoms with van der Waals surface area (Å²) in [6.07, 6.45) is 1.12. The molecule has 0 bridgehead atoms. The van der Waals surface area contributed by atoms with Crippen molar-refractivity contribution in [3.05, 3.63) is 51.2 Å². The van der Waals surface area contributed by atoms with E-state index in [0.29, 0.717) is 11.6 Å². The van der Waals surface area contributed by atoms with Gasteiger partial charge in [0.1, 0.15) is 12.4 Å². The minimum atomic E-state index is 0.572. The first-order valence-corrected chi connectivity index (χ1v) is 7.70. The molecule has 1 N–H and O–H groups in total. The molecule has 0 atom stereocenters. The van der Waals surface area contributed by atoms with Gasteiger partial charge in [0, 0.05) is 17.0 Å². The van der Waals surface area contributed by atoms with Crippen LogP contribution in [0, 0.1) is 0 Å². The maximum Gasteiger partial charge on any atom is 0.142 e. The van der Waals surface area contributed by atoms with Crippen molar-refractivity contribution in [3.63, 3.8) is 0 Å². The molecule has 0 radical (unpaired) electrons. The molecule has 2 rings (SSSR count). The lowest BCUT2D eigenvalue weighted by atomic mass is 10.2. The first-order chi connectivity index (χ1) is 9.31. The van der Waals surface area contributed by atoms with Crippen LogP contribution in [0.15, 0.2) is 35.7 Å². The van der Waals surface area contributed by atoms with Gasteiger partial charge in [-0.1, -0.05) is 36.7 Å². The van der Waals surface area contributed by atoms with Crippen LogP contribution in [-0.2, 0) is 13.2 Å². The highest BCUT2D eigenvalue weighted by atomic mass is 35.5. The van der Waals surface area contributed by atoms with Gasteiger partial charge in [0.15, 0.2) is 0 Å². The molecule has 1 heterocycles. The minimum absolute atomic E-state index is 0.572. The second-order valence-corrected chi connectivity index (χ2v) is 5.71. The van der Waals surface area contributed by atoms with Crippen LogP contribution < -0.4 is 10.1 Å². The van der Waals surface area contributed by atoms with Crippen LogP contribution in [-0.4, -0.2) is 6.54 Å². The molecule has 4 heteroatoms. The topological polar surface area (TPSA) is 21.3 Å². The third-order valence-electron chi connectivity index (χ3n) is 2.73. The van der Waals surface area contributed by atoms with Crippen LogP contribution in [0.2, 0.25) is 5.02 Å². The number of ether oxygens (including phenoxy) is 1. The predicted molar refractivity (Wildman–Crippen MR) is 82.1 cm³/mol. The van der Waals surface area contributed by atoms with Crippen LogP contribution in [0.3, 0.4) is 0 Å². The van der Waals surface area contributed by atoms with Gasteiger partial charge >= 0.3 is 0 Å². The zero-order chi connectivity index (χ0) is 13.5. The lowest BCUT2D eigenvalue weighted by Crippen LogP contribution is -2.14. The molecular weight excluding hydrogens is 278 g/mol. The van der Waals surface area contributed by atoms with E-state index in [1.165, 1.54) is 4.88 Å². The number of hydrogen-bond acceptors (Lipinski definition) is 3. The Hall–Kier alpha value is -1.03. The Morgan fingerprint density at radius 2 is 2.16 bits per heavy atom. The summed E-state index contributed by atoms with van der Waals surface area (Å²) in [6, 6.07) is 9.98. The van der Waals surface area contributed by atoms with E-state index in [4.69, 9.17) is 16.3 Å². The van der Waals surface area contributed by atoms with Gasteiger partial charge in [-0.25, -0.2) is 0 Å². The molecule has 0 saturated carbocycles. The molecule has 0 aliphatic heterocycles. The van der Waals surface area contributed by atoms with Crippen molar-refractivity contribution >= 4 is 22.9 Å². The highest BCUT2D eigenvalue weighted by molar-refractivity contribution is 7.09. The normalized spacial score (nSPS) is 10.6. The van der Waals surface area contributed by atoms with E-state index in [1.807, 2.05) is 18.2 Å². The second kappa shape index (κ2) is 7.53. The van der Waals surface area contributed by atoms with Gasteiger partial charge in [-0.05, 0) is 30.5 Å². The molecule has 2 nitrogen and oxygen atoms in total. The summed E-state index contributed by atoms with van der Waals surface area (Å²) < 4.78 is 5.88. The number of para-hydroxylation sites is 1. The molecule has 0 amide bonds. The fourth-order valence-electron chi connectivity index (χ4n) is 1.79. The van der Waals surface area contributed by atoms with Gasteiger partial charge in [0.25, 0.3) is 0 Å². The average molecular weight is 296 g/mol. The van der Waals surface area contributed by atoms with Gasteiger partial charge in [-0.3, -0.25) is 0 Å². The van der Waals surface area contributed by atoms with Crippen molar-refractivity contribution in [3.8, 4) is 5.75 Å². The molecule has 0 aliphatic rings. The Labute approximate surface area is 123 Å². The second-order valence-electron chi connectivity index (χ2n) is 4.27. The Bertz CT molecular complexity index is 499. The molecule has 0 fully saturated rings. The maximum atomic E-state index is 6.23. The number of thiophene rings is 1. The number of benzene rings is 1. The molecule has 1 aromatic carbocycles. The Balaban J connectivity index is 2.04. The summed E-state index contributed by atoms with van der Waals surface area (Å²) in [7, 11) is 0. The van der Waals surface area contributed by atoms with E-state index >= 15 is 0 Å². The van der Waals surface area contributed by atoms with Crippen LogP contribution in [0.25, 0.3) is 0 Å². The highest BCUT2D eigenvalue weighted by Crippen LogP contribution is 2.29. The summed E-state index contributed by atoms with van der Waals surface area (Å²) in [5.74, 6) is 0.793. The average Bonchev–Trinajstić information content (AvgIpc) is 2.91. The fraction of sp³-hybridized carbons (Fsp3) is 0.333. The zero-order valence-electron chi connectivity index (χ0n) is 11.0. The van der Waals surface area contributed by atoms with Crippen LogP contribution in [0.1, 0.15) is 23.8 Å². The van der Waals surface area contributed by atoms with Crippen LogP contribution in [0.4, 0.5) is 0 Å². The Morgan fingerprint density at radius 1 is 1.26 bits per heavy atom. The van der Waals surface area contributed by atoms with E-state index in [9.17, 15) is 0 Å². The summed E-state index contributed by atoms with van der Waals surface area (Å²) in [6.45, 7) is 4.51. The standard InChI is InChI=1S/C15H18ClNOS/c1-2-8-17-10-12-5-3-7-14(16)15(12)18-11-13-6-4-9-19-13/h3-7,9,17H,2,8,10-11H2,1H3. The quantitative estimate of drug-likeness (QED) is 0.761. The molecule has 2 aromatic rings. The van der Waals surface area contributed by atoms with Crippen molar-refractivity contribution in [1.82, 2.24) is 5.32 Å². The monoisotopic (exact) mass is 295 g/mol. The van der Waals surface area contributed by atoms with Crippen molar-refractivity contribution in [2.75, 3.05) is 6.54 Å². The van der Waals surface area contributed by atoms with Crippen LogP contribution >= 0.6 is 22.9 Å². The number of nitrogens with one attached hydrogen (secondary N) is 1. The minimum Gasteiger partial charge on any atom is -0.486 e. The molecule has 1 aromatic heterocycles. The lowest BCUT2D eigenvalue weighted by molar-refractivity contribution is 0.306. The first kappa shape index (κ1) is 14.4. The summed E-state index contributed by atoms with van der Waals surface area (Å²) in [5.41, 5.74) is 1.11. The predicted octanol–water partition coefficient (Wildman–Crippen LogP) is 4.48. The van der Waals surface area contributed by atoms with Crippen molar-refractivity contribution in [1.29, 1.82) is 0 Å². The van der Waals surface area contributed by atoms with Crippen molar-refractivity contribution in [2.45, 2.75) is 26.5 Å². The number of hydrogen-bond donors (Lipinski definition) is 1. The lowest BCUT2D eigenvalue weighted by Gasteiger charge is -2.13.